The van der Waals surface area contributed by atoms with E-state index in [0.29, 0.717) is 5.56 Å². The van der Waals surface area contributed by atoms with Crippen LogP contribution in [-0.2, 0) is 9.59 Å². The van der Waals surface area contributed by atoms with Gasteiger partial charge in [0.2, 0.25) is 5.91 Å². The summed E-state index contributed by atoms with van der Waals surface area (Å²) in [6.07, 6.45) is -0.141. The van der Waals surface area contributed by atoms with Gasteiger partial charge in [0.1, 0.15) is 6.04 Å². The third-order valence-electron chi connectivity index (χ3n) is 2.73. The molecule has 0 heterocycles. The van der Waals surface area contributed by atoms with Crippen molar-refractivity contribution in [2.24, 2.45) is 5.73 Å². The van der Waals surface area contributed by atoms with Gasteiger partial charge in [-0.2, -0.15) is 0 Å². The largest absolute Gasteiger partial charge is 0.480 e. The minimum atomic E-state index is -1.20. The molecule has 0 spiro atoms. The molecule has 0 saturated heterocycles. The number of primary amides is 1. The quantitative estimate of drug-likeness (QED) is 0.721. The number of carbonyl (C=O) groups is 3. The molecule has 0 unspecified atom stereocenters. The van der Waals surface area contributed by atoms with Gasteiger partial charge in [0.25, 0.3) is 5.91 Å². The van der Waals surface area contributed by atoms with E-state index in [1.54, 1.807) is 25.1 Å². The molecular formula is C13H15BrN2O4. The summed E-state index contributed by atoms with van der Waals surface area (Å²) in [5, 5.41) is 11.4. The van der Waals surface area contributed by atoms with Crippen LogP contribution in [0.3, 0.4) is 0 Å². The lowest BCUT2D eigenvalue weighted by Gasteiger charge is -2.15. The van der Waals surface area contributed by atoms with Crippen molar-refractivity contribution >= 4 is 33.7 Å². The molecule has 1 rings (SSSR count). The molecule has 0 aromatic heterocycles. The highest BCUT2D eigenvalue weighted by Crippen LogP contribution is 2.16. The van der Waals surface area contributed by atoms with Crippen molar-refractivity contribution in [1.82, 2.24) is 5.32 Å². The van der Waals surface area contributed by atoms with Crippen molar-refractivity contribution in [3.63, 3.8) is 0 Å². The molecule has 108 valence electrons. The Hall–Kier alpha value is -1.89. The van der Waals surface area contributed by atoms with Gasteiger partial charge in [0.15, 0.2) is 0 Å². The second-order valence-electron chi connectivity index (χ2n) is 4.33. The molecule has 20 heavy (non-hydrogen) atoms. The summed E-state index contributed by atoms with van der Waals surface area (Å²) in [5.74, 6) is -2.31. The molecule has 0 aliphatic carbocycles. The predicted molar refractivity (Wildman–Crippen MR) is 76.2 cm³/mol. The minimum absolute atomic E-state index is 0.0382. The van der Waals surface area contributed by atoms with E-state index in [2.05, 4.69) is 21.2 Å². The molecule has 1 aromatic carbocycles. The van der Waals surface area contributed by atoms with Crippen molar-refractivity contribution in [1.29, 1.82) is 0 Å². The lowest BCUT2D eigenvalue weighted by Crippen LogP contribution is -2.41. The van der Waals surface area contributed by atoms with Gasteiger partial charge in [-0.1, -0.05) is 22.0 Å². The van der Waals surface area contributed by atoms with Gasteiger partial charge in [0, 0.05) is 16.5 Å². The van der Waals surface area contributed by atoms with Crippen molar-refractivity contribution in [2.75, 3.05) is 0 Å². The van der Waals surface area contributed by atoms with E-state index < -0.39 is 23.8 Å². The molecule has 0 fully saturated rings. The number of benzene rings is 1. The van der Waals surface area contributed by atoms with Gasteiger partial charge in [-0.15, -0.1) is 0 Å². The van der Waals surface area contributed by atoms with Crippen LogP contribution in [0.1, 0.15) is 28.8 Å². The fourth-order valence-corrected chi connectivity index (χ4v) is 1.98. The van der Waals surface area contributed by atoms with Crippen LogP contribution in [0.15, 0.2) is 22.7 Å². The second kappa shape index (κ2) is 7.04. The van der Waals surface area contributed by atoms with E-state index in [-0.39, 0.29) is 12.8 Å². The van der Waals surface area contributed by atoms with E-state index in [9.17, 15) is 14.4 Å². The maximum atomic E-state index is 12.1. The number of carboxylic acids is 1. The molecule has 1 aromatic rings. The molecule has 0 saturated carbocycles. The van der Waals surface area contributed by atoms with Gasteiger partial charge < -0.3 is 16.2 Å². The molecule has 4 N–H and O–H groups in total. The third-order valence-corrected chi connectivity index (χ3v) is 3.22. The van der Waals surface area contributed by atoms with E-state index in [0.717, 1.165) is 10.0 Å². The number of rotatable bonds is 6. The summed E-state index contributed by atoms with van der Waals surface area (Å²) in [6, 6.07) is 4.00. The lowest BCUT2D eigenvalue weighted by molar-refractivity contribution is -0.139. The Morgan fingerprint density at radius 3 is 2.60 bits per heavy atom. The first-order chi connectivity index (χ1) is 9.31. The van der Waals surface area contributed by atoms with Gasteiger partial charge >= 0.3 is 5.97 Å². The topological polar surface area (TPSA) is 109 Å². The normalized spacial score (nSPS) is 11.7. The molecule has 7 heteroatoms. The van der Waals surface area contributed by atoms with E-state index in [1.165, 1.54) is 0 Å². The van der Waals surface area contributed by atoms with Crippen LogP contribution < -0.4 is 11.1 Å². The standard InChI is InChI=1S/C13H15BrN2O4/c1-7-2-3-8(14)6-9(7)12(18)16-10(13(19)20)4-5-11(15)17/h2-3,6,10H,4-5H2,1H3,(H2,15,17)(H,16,18)(H,19,20)/t10-/m1/s1. The van der Waals surface area contributed by atoms with Crippen LogP contribution in [0.25, 0.3) is 0 Å². The fraction of sp³-hybridized carbons (Fsp3) is 0.308. The molecule has 0 radical (unpaired) electrons. The van der Waals surface area contributed by atoms with Crippen LogP contribution in [-0.4, -0.2) is 28.9 Å². The Labute approximate surface area is 124 Å². The zero-order valence-corrected chi connectivity index (χ0v) is 12.4. The predicted octanol–water partition coefficient (Wildman–Crippen LogP) is 1.21. The third kappa shape index (κ3) is 4.65. The monoisotopic (exact) mass is 342 g/mol. The fourth-order valence-electron chi connectivity index (χ4n) is 1.62. The first kappa shape index (κ1) is 16.2. The number of halogens is 1. The SMILES string of the molecule is Cc1ccc(Br)cc1C(=O)N[C@H](CCC(N)=O)C(=O)O. The summed E-state index contributed by atoms with van der Waals surface area (Å²) in [5.41, 5.74) is 6.08. The number of carbonyl (C=O) groups excluding carboxylic acids is 2. The number of aryl methyl sites for hydroxylation is 1. The van der Waals surface area contributed by atoms with E-state index in [1.807, 2.05) is 0 Å². The molecule has 2 amide bonds. The zero-order chi connectivity index (χ0) is 15.3. The van der Waals surface area contributed by atoms with E-state index >= 15 is 0 Å². The highest BCUT2D eigenvalue weighted by molar-refractivity contribution is 9.10. The average Bonchev–Trinajstić information content (AvgIpc) is 2.36. The number of amides is 2. The average molecular weight is 343 g/mol. The Morgan fingerprint density at radius 1 is 1.40 bits per heavy atom. The maximum absolute atomic E-state index is 12.1. The molecule has 6 nitrogen and oxygen atoms in total. The molecular weight excluding hydrogens is 328 g/mol. The summed E-state index contributed by atoms with van der Waals surface area (Å²) >= 11 is 3.25. The molecule has 1 atom stereocenters. The number of aliphatic carboxylic acids is 1. The Morgan fingerprint density at radius 2 is 2.05 bits per heavy atom. The smallest absolute Gasteiger partial charge is 0.326 e. The summed E-state index contributed by atoms with van der Waals surface area (Å²) in [7, 11) is 0. The van der Waals surface area contributed by atoms with Crippen molar-refractivity contribution in [3.05, 3.63) is 33.8 Å². The van der Waals surface area contributed by atoms with Crippen molar-refractivity contribution in [2.45, 2.75) is 25.8 Å². The Kier molecular flexibility index (Phi) is 5.69. The van der Waals surface area contributed by atoms with Crippen LogP contribution >= 0.6 is 15.9 Å². The first-order valence-corrected chi connectivity index (χ1v) is 6.68. The van der Waals surface area contributed by atoms with Crippen LogP contribution in [0, 0.1) is 6.92 Å². The van der Waals surface area contributed by atoms with Crippen molar-refractivity contribution < 1.29 is 19.5 Å². The second-order valence-corrected chi connectivity index (χ2v) is 5.24. The van der Waals surface area contributed by atoms with Crippen LogP contribution in [0.4, 0.5) is 0 Å². The molecule has 0 aliphatic rings. The lowest BCUT2D eigenvalue weighted by atomic mass is 10.1. The highest BCUT2D eigenvalue weighted by Gasteiger charge is 2.22. The summed E-state index contributed by atoms with van der Waals surface area (Å²) < 4.78 is 0.720. The van der Waals surface area contributed by atoms with Gasteiger partial charge in [-0.3, -0.25) is 9.59 Å². The van der Waals surface area contributed by atoms with Crippen LogP contribution in [0.5, 0.6) is 0 Å². The molecule has 0 bridgehead atoms. The summed E-state index contributed by atoms with van der Waals surface area (Å²) in [4.78, 5) is 33.8. The number of hydrogen-bond acceptors (Lipinski definition) is 3. The van der Waals surface area contributed by atoms with E-state index in [4.69, 9.17) is 10.8 Å². The zero-order valence-electron chi connectivity index (χ0n) is 10.9. The first-order valence-electron chi connectivity index (χ1n) is 5.89. The number of nitrogens with two attached hydrogens (primary N) is 1. The Bertz CT molecular complexity index is 545. The summed E-state index contributed by atoms with van der Waals surface area (Å²) in [6.45, 7) is 1.75. The van der Waals surface area contributed by atoms with Gasteiger partial charge in [-0.25, -0.2) is 4.79 Å². The number of hydrogen-bond donors (Lipinski definition) is 3. The molecule has 0 aliphatic heterocycles. The van der Waals surface area contributed by atoms with Crippen molar-refractivity contribution in [3.8, 4) is 0 Å². The maximum Gasteiger partial charge on any atom is 0.326 e. The minimum Gasteiger partial charge on any atom is -0.480 e. The van der Waals surface area contributed by atoms with Gasteiger partial charge in [-0.05, 0) is 31.0 Å². The van der Waals surface area contributed by atoms with Crippen LogP contribution in [0.2, 0.25) is 0 Å². The van der Waals surface area contributed by atoms with Gasteiger partial charge in [0.05, 0.1) is 0 Å². The number of nitrogens with one attached hydrogen (secondary N) is 1. The number of carboxylic acid groups (broad SMARTS) is 1. The Balaban J connectivity index is 2.82. The highest BCUT2D eigenvalue weighted by atomic mass is 79.9.